The van der Waals surface area contributed by atoms with Crippen molar-refractivity contribution in [3.8, 4) is 5.75 Å². The molecule has 1 amide bonds. The highest BCUT2D eigenvalue weighted by molar-refractivity contribution is 5.93. The highest BCUT2D eigenvalue weighted by Gasteiger charge is 2.21. The van der Waals surface area contributed by atoms with Gasteiger partial charge in [0, 0.05) is 39.4 Å². The molecule has 0 bridgehead atoms. The van der Waals surface area contributed by atoms with Crippen molar-refractivity contribution in [2.24, 2.45) is 0 Å². The van der Waals surface area contributed by atoms with Gasteiger partial charge < -0.3 is 19.9 Å². The fourth-order valence-electron chi connectivity index (χ4n) is 3.23. The van der Waals surface area contributed by atoms with Crippen LogP contribution in [0.4, 0.5) is 11.5 Å². The first-order chi connectivity index (χ1) is 12.6. The van der Waals surface area contributed by atoms with Crippen LogP contribution in [0.3, 0.4) is 0 Å². The number of aromatic nitrogens is 1. The molecule has 0 spiro atoms. The third-order valence-electron chi connectivity index (χ3n) is 4.69. The number of nitrogens with one attached hydrogen (secondary N) is 1. The van der Waals surface area contributed by atoms with E-state index >= 15 is 0 Å². The molecule has 1 aromatic heterocycles. The minimum Gasteiger partial charge on any atom is -0.495 e. The molecular formula is C20H26N4O2. The molecule has 1 aliphatic heterocycles. The minimum atomic E-state index is -0.0332. The predicted molar refractivity (Wildman–Crippen MR) is 104 cm³/mol. The Bertz CT molecular complexity index is 738. The number of ether oxygens (including phenoxy) is 1. The number of benzene rings is 1. The van der Waals surface area contributed by atoms with Gasteiger partial charge >= 0.3 is 0 Å². The van der Waals surface area contributed by atoms with Crippen molar-refractivity contribution in [3.05, 3.63) is 48.2 Å². The molecule has 2 heterocycles. The zero-order chi connectivity index (χ0) is 18.5. The third-order valence-corrected chi connectivity index (χ3v) is 4.69. The summed E-state index contributed by atoms with van der Waals surface area (Å²) in [5.41, 5.74) is 1.75. The van der Waals surface area contributed by atoms with Crippen molar-refractivity contribution in [1.82, 2.24) is 9.88 Å². The van der Waals surface area contributed by atoms with Gasteiger partial charge in [-0.25, -0.2) is 4.98 Å². The first-order valence-corrected chi connectivity index (χ1v) is 8.90. The molecule has 1 aliphatic rings. The predicted octanol–water partition coefficient (Wildman–Crippen LogP) is 2.87. The maximum absolute atomic E-state index is 11.9. The molecule has 3 rings (SSSR count). The summed E-state index contributed by atoms with van der Waals surface area (Å²) >= 11 is 0. The molecule has 2 aromatic rings. The molecule has 0 unspecified atom stereocenters. The van der Waals surface area contributed by atoms with E-state index in [9.17, 15) is 4.79 Å². The minimum absolute atomic E-state index is 0.0332. The van der Waals surface area contributed by atoms with Gasteiger partial charge in [0.2, 0.25) is 0 Å². The number of amides is 1. The van der Waals surface area contributed by atoms with Gasteiger partial charge in [0.05, 0.1) is 18.4 Å². The Morgan fingerprint density at radius 2 is 1.92 bits per heavy atom. The van der Waals surface area contributed by atoms with Crippen molar-refractivity contribution in [2.75, 3.05) is 44.5 Å². The van der Waals surface area contributed by atoms with E-state index in [-0.39, 0.29) is 5.91 Å². The van der Waals surface area contributed by atoms with Gasteiger partial charge in [0.1, 0.15) is 11.6 Å². The molecular weight excluding hydrogens is 328 g/mol. The molecule has 1 aromatic carbocycles. The van der Waals surface area contributed by atoms with Gasteiger partial charge in [-0.15, -0.1) is 0 Å². The lowest BCUT2D eigenvalue weighted by atomic mass is 10.0. The van der Waals surface area contributed by atoms with Crippen LogP contribution >= 0.6 is 0 Å². The summed E-state index contributed by atoms with van der Waals surface area (Å²) in [6.45, 7) is 1.93. The van der Waals surface area contributed by atoms with Crippen LogP contribution in [-0.4, -0.2) is 56.1 Å². The number of nitrogens with zero attached hydrogens (tertiary/aromatic N) is 3. The summed E-state index contributed by atoms with van der Waals surface area (Å²) in [5.74, 6) is 1.70. The van der Waals surface area contributed by atoms with Crippen molar-refractivity contribution in [3.63, 3.8) is 0 Å². The molecule has 0 atom stereocenters. The number of hydrogen-bond donors (Lipinski definition) is 1. The molecule has 1 fully saturated rings. The molecule has 26 heavy (non-hydrogen) atoms. The van der Waals surface area contributed by atoms with Crippen molar-refractivity contribution in [1.29, 1.82) is 0 Å². The largest absolute Gasteiger partial charge is 0.495 e. The maximum Gasteiger partial charge on any atom is 0.254 e. The number of rotatable bonds is 5. The summed E-state index contributed by atoms with van der Waals surface area (Å²) in [6, 6.07) is 12.2. The van der Waals surface area contributed by atoms with Crippen LogP contribution in [0, 0.1) is 0 Å². The second-order valence-corrected chi connectivity index (χ2v) is 6.71. The van der Waals surface area contributed by atoms with Crippen LogP contribution in [0.15, 0.2) is 42.6 Å². The number of para-hydroxylation sites is 2. The second-order valence-electron chi connectivity index (χ2n) is 6.71. The normalized spacial score (nSPS) is 14.8. The zero-order valence-corrected chi connectivity index (χ0v) is 15.6. The number of pyridine rings is 1. The average Bonchev–Trinajstić information content (AvgIpc) is 2.68. The maximum atomic E-state index is 11.9. The van der Waals surface area contributed by atoms with E-state index in [0.29, 0.717) is 11.6 Å². The van der Waals surface area contributed by atoms with E-state index in [1.54, 1.807) is 32.3 Å². The van der Waals surface area contributed by atoms with Gasteiger partial charge in [-0.1, -0.05) is 12.1 Å². The molecule has 6 nitrogen and oxygen atoms in total. The Hall–Kier alpha value is -2.76. The fraction of sp³-hybridized carbons (Fsp3) is 0.400. The summed E-state index contributed by atoms with van der Waals surface area (Å²) in [5, 5.41) is 3.48. The molecule has 138 valence electrons. The van der Waals surface area contributed by atoms with Crippen LogP contribution in [0.5, 0.6) is 5.75 Å². The molecule has 0 saturated carbocycles. The van der Waals surface area contributed by atoms with E-state index < -0.39 is 0 Å². The number of anilines is 2. The second kappa shape index (κ2) is 8.08. The van der Waals surface area contributed by atoms with E-state index in [1.807, 2.05) is 30.3 Å². The Morgan fingerprint density at radius 3 is 2.54 bits per heavy atom. The highest BCUT2D eigenvalue weighted by Crippen LogP contribution is 2.30. The smallest absolute Gasteiger partial charge is 0.254 e. The molecule has 0 radical (unpaired) electrons. The standard InChI is InChI=1S/C20H26N4O2/c1-23(2)20(25)15-8-9-19(21-14-15)22-16-10-12-24(13-11-16)17-6-4-5-7-18(17)26-3/h4-9,14,16H,10-13H2,1-3H3,(H,21,22). The van der Waals surface area contributed by atoms with Gasteiger partial charge in [0.15, 0.2) is 0 Å². The monoisotopic (exact) mass is 354 g/mol. The van der Waals surface area contributed by atoms with Crippen LogP contribution in [-0.2, 0) is 0 Å². The van der Waals surface area contributed by atoms with Gasteiger partial charge in [-0.3, -0.25) is 4.79 Å². The van der Waals surface area contributed by atoms with Gasteiger partial charge in [-0.05, 0) is 37.1 Å². The summed E-state index contributed by atoms with van der Waals surface area (Å²) in [7, 11) is 5.19. The van der Waals surface area contributed by atoms with Crippen LogP contribution in [0.1, 0.15) is 23.2 Å². The Kier molecular flexibility index (Phi) is 5.61. The number of carbonyl (C=O) groups is 1. The molecule has 1 saturated heterocycles. The SMILES string of the molecule is COc1ccccc1N1CCC(Nc2ccc(C(=O)N(C)C)cn2)CC1. The van der Waals surface area contributed by atoms with Gasteiger partial charge in [0.25, 0.3) is 5.91 Å². The first kappa shape index (κ1) is 18.0. The zero-order valence-electron chi connectivity index (χ0n) is 15.6. The van der Waals surface area contributed by atoms with Crippen LogP contribution in [0.25, 0.3) is 0 Å². The number of piperidine rings is 1. The topological polar surface area (TPSA) is 57.7 Å². The van der Waals surface area contributed by atoms with Crippen LogP contribution in [0.2, 0.25) is 0 Å². The third kappa shape index (κ3) is 4.07. The van der Waals surface area contributed by atoms with E-state index in [1.165, 1.54) is 0 Å². The number of hydrogen-bond acceptors (Lipinski definition) is 5. The number of methoxy groups -OCH3 is 1. The van der Waals surface area contributed by atoms with E-state index in [2.05, 4.69) is 21.3 Å². The van der Waals surface area contributed by atoms with Crippen molar-refractivity contribution < 1.29 is 9.53 Å². The van der Waals surface area contributed by atoms with E-state index in [4.69, 9.17) is 4.74 Å². The van der Waals surface area contributed by atoms with E-state index in [0.717, 1.165) is 43.2 Å². The summed E-state index contributed by atoms with van der Waals surface area (Å²) < 4.78 is 5.47. The molecule has 6 heteroatoms. The average molecular weight is 354 g/mol. The lowest BCUT2D eigenvalue weighted by molar-refractivity contribution is 0.0827. The fourth-order valence-corrected chi connectivity index (χ4v) is 3.23. The molecule has 0 aliphatic carbocycles. The Labute approximate surface area is 154 Å². The Balaban J connectivity index is 1.56. The van der Waals surface area contributed by atoms with Crippen LogP contribution < -0.4 is 15.0 Å². The summed E-state index contributed by atoms with van der Waals surface area (Å²) in [6.07, 6.45) is 3.69. The first-order valence-electron chi connectivity index (χ1n) is 8.90. The molecule has 1 N–H and O–H groups in total. The highest BCUT2D eigenvalue weighted by atomic mass is 16.5. The summed E-state index contributed by atoms with van der Waals surface area (Å²) in [4.78, 5) is 20.2. The van der Waals surface area contributed by atoms with Crippen molar-refractivity contribution >= 4 is 17.4 Å². The Morgan fingerprint density at radius 1 is 1.19 bits per heavy atom. The number of carbonyl (C=O) groups excluding carboxylic acids is 1. The lowest BCUT2D eigenvalue weighted by Crippen LogP contribution is -2.39. The quantitative estimate of drug-likeness (QED) is 0.895. The lowest BCUT2D eigenvalue weighted by Gasteiger charge is -2.34. The van der Waals surface area contributed by atoms with Gasteiger partial charge in [-0.2, -0.15) is 0 Å². The van der Waals surface area contributed by atoms with Crippen molar-refractivity contribution in [2.45, 2.75) is 18.9 Å².